The van der Waals surface area contributed by atoms with Crippen LogP contribution in [0, 0.1) is 6.92 Å². The first-order valence-electron chi connectivity index (χ1n) is 5.44. The zero-order valence-electron chi connectivity index (χ0n) is 9.93. The fourth-order valence-corrected chi connectivity index (χ4v) is 1.72. The van der Waals surface area contributed by atoms with Gasteiger partial charge in [0.15, 0.2) is 0 Å². The van der Waals surface area contributed by atoms with Gasteiger partial charge < -0.3 is 9.14 Å². The highest BCUT2D eigenvalue weighted by molar-refractivity contribution is 5.90. The SMILES string of the molecule is C=Cc1cc(C(=O)OCC)cn2cc(C)nc12. The predicted molar refractivity (Wildman–Crippen MR) is 66.0 cm³/mol. The number of rotatable bonds is 3. The molecule has 2 aromatic heterocycles. The van der Waals surface area contributed by atoms with Gasteiger partial charge in [0.1, 0.15) is 5.65 Å². The predicted octanol–water partition coefficient (Wildman–Crippen LogP) is 2.46. The summed E-state index contributed by atoms with van der Waals surface area (Å²) in [5.41, 5.74) is 3.02. The standard InChI is InChI=1S/C13H14N2O2/c1-4-10-6-11(13(16)17-5-2)8-15-7-9(3)14-12(10)15/h4,6-8H,1,5H2,2-3H3. The van der Waals surface area contributed by atoms with Crippen molar-refractivity contribution in [3.63, 3.8) is 0 Å². The second-order valence-corrected chi connectivity index (χ2v) is 3.72. The van der Waals surface area contributed by atoms with Gasteiger partial charge in [-0.2, -0.15) is 0 Å². The molecule has 88 valence electrons. The van der Waals surface area contributed by atoms with E-state index in [4.69, 9.17) is 4.74 Å². The van der Waals surface area contributed by atoms with Crippen molar-refractivity contribution in [3.05, 3.63) is 41.9 Å². The lowest BCUT2D eigenvalue weighted by Crippen LogP contribution is -2.06. The number of pyridine rings is 1. The maximum atomic E-state index is 11.7. The molecule has 0 N–H and O–H groups in total. The molecule has 2 rings (SSSR count). The number of carbonyl (C=O) groups is 1. The van der Waals surface area contributed by atoms with Crippen LogP contribution in [-0.2, 0) is 4.74 Å². The number of hydrogen-bond donors (Lipinski definition) is 0. The van der Waals surface area contributed by atoms with Crippen LogP contribution in [-0.4, -0.2) is 22.0 Å². The van der Waals surface area contributed by atoms with Crippen LogP contribution in [0.5, 0.6) is 0 Å². The third-order valence-electron chi connectivity index (χ3n) is 2.43. The van der Waals surface area contributed by atoms with E-state index in [2.05, 4.69) is 11.6 Å². The minimum absolute atomic E-state index is 0.330. The van der Waals surface area contributed by atoms with Crippen molar-refractivity contribution in [1.29, 1.82) is 0 Å². The van der Waals surface area contributed by atoms with Crippen molar-refractivity contribution < 1.29 is 9.53 Å². The molecular weight excluding hydrogens is 216 g/mol. The molecule has 0 spiro atoms. The van der Waals surface area contributed by atoms with Gasteiger partial charge >= 0.3 is 5.97 Å². The maximum absolute atomic E-state index is 11.7. The minimum atomic E-state index is -0.330. The first-order valence-corrected chi connectivity index (χ1v) is 5.44. The first kappa shape index (κ1) is 11.4. The summed E-state index contributed by atoms with van der Waals surface area (Å²) in [5.74, 6) is -0.330. The number of aryl methyl sites for hydroxylation is 1. The van der Waals surface area contributed by atoms with Crippen LogP contribution < -0.4 is 0 Å². The number of esters is 1. The van der Waals surface area contributed by atoms with Gasteiger partial charge in [0, 0.05) is 18.0 Å². The summed E-state index contributed by atoms with van der Waals surface area (Å²) < 4.78 is 6.79. The van der Waals surface area contributed by atoms with Gasteiger partial charge in [0.2, 0.25) is 0 Å². The molecule has 0 bridgehead atoms. The summed E-state index contributed by atoms with van der Waals surface area (Å²) in [7, 11) is 0. The number of ether oxygens (including phenoxy) is 1. The fraction of sp³-hybridized carbons (Fsp3) is 0.231. The second kappa shape index (κ2) is 4.41. The molecule has 0 aliphatic rings. The van der Waals surface area contributed by atoms with Gasteiger partial charge in [-0.05, 0) is 19.9 Å². The van der Waals surface area contributed by atoms with Crippen LogP contribution in [0.2, 0.25) is 0 Å². The first-order chi connectivity index (χ1) is 8.15. The molecule has 4 nitrogen and oxygen atoms in total. The Labute approximate surface area is 99.5 Å². The van der Waals surface area contributed by atoms with Crippen molar-refractivity contribution in [3.8, 4) is 0 Å². The highest BCUT2D eigenvalue weighted by Gasteiger charge is 2.11. The second-order valence-electron chi connectivity index (χ2n) is 3.72. The highest BCUT2D eigenvalue weighted by Crippen LogP contribution is 2.15. The molecule has 2 heterocycles. The molecule has 0 saturated heterocycles. The van der Waals surface area contributed by atoms with Crippen molar-refractivity contribution in [2.75, 3.05) is 6.61 Å². The van der Waals surface area contributed by atoms with Gasteiger partial charge in [-0.1, -0.05) is 12.7 Å². The van der Waals surface area contributed by atoms with Crippen LogP contribution in [0.15, 0.2) is 25.0 Å². The lowest BCUT2D eigenvalue weighted by molar-refractivity contribution is 0.0525. The normalized spacial score (nSPS) is 10.5. The van der Waals surface area contributed by atoms with Crippen LogP contribution in [0.1, 0.15) is 28.5 Å². The Balaban J connectivity index is 2.59. The van der Waals surface area contributed by atoms with Crippen LogP contribution in [0.4, 0.5) is 0 Å². The summed E-state index contributed by atoms with van der Waals surface area (Å²) in [6.45, 7) is 7.79. The van der Waals surface area contributed by atoms with Gasteiger partial charge in [-0.3, -0.25) is 0 Å². The van der Waals surface area contributed by atoms with E-state index in [1.807, 2.05) is 17.5 Å². The number of carbonyl (C=O) groups excluding carboxylic acids is 1. The molecule has 4 heteroatoms. The number of hydrogen-bond acceptors (Lipinski definition) is 3. The molecule has 0 aliphatic carbocycles. The highest BCUT2D eigenvalue weighted by atomic mass is 16.5. The Morgan fingerprint density at radius 2 is 2.35 bits per heavy atom. The average molecular weight is 230 g/mol. The van der Waals surface area contributed by atoms with Crippen LogP contribution in [0.3, 0.4) is 0 Å². The van der Waals surface area contributed by atoms with Crippen LogP contribution in [0.25, 0.3) is 11.7 Å². The summed E-state index contributed by atoms with van der Waals surface area (Å²) in [6.07, 6.45) is 5.27. The van der Waals surface area contributed by atoms with E-state index in [-0.39, 0.29) is 5.97 Å². The Hall–Kier alpha value is -2.10. The number of fused-ring (bicyclic) bond motifs is 1. The molecule has 0 amide bonds. The summed E-state index contributed by atoms with van der Waals surface area (Å²) >= 11 is 0. The summed E-state index contributed by atoms with van der Waals surface area (Å²) in [4.78, 5) is 16.0. The molecule has 0 fully saturated rings. The molecule has 0 unspecified atom stereocenters. The molecule has 0 radical (unpaired) electrons. The quantitative estimate of drug-likeness (QED) is 0.761. The van der Waals surface area contributed by atoms with Crippen LogP contribution >= 0.6 is 0 Å². The molecule has 0 atom stereocenters. The smallest absolute Gasteiger partial charge is 0.339 e. The van der Waals surface area contributed by atoms with E-state index in [0.29, 0.717) is 12.2 Å². The summed E-state index contributed by atoms with van der Waals surface area (Å²) in [6, 6.07) is 1.74. The van der Waals surface area contributed by atoms with E-state index in [1.165, 1.54) is 0 Å². The number of imidazole rings is 1. The zero-order chi connectivity index (χ0) is 12.4. The Morgan fingerprint density at radius 1 is 1.59 bits per heavy atom. The third-order valence-corrected chi connectivity index (χ3v) is 2.43. The monoisotopic (exact) mass is 230 g/mol. The molecule has 0 aromatic carbocycles. The molecule has 2 aromatic rings. The maximum Gasteiger partial charge on any atom is 0.339 e. The zero-order valence-corrected chi connectivity index (χ0v) is 9.93. The molecule has 0 saturated carbocycles. The van der Waals surface area contributed by atoms with Gasteiger partial charge in [-0.25, -0.2) is 9.78 Å². The number of nitrogens with zero attached hydrogens (tertiary/aromatic N) is 2. The van der Waals surface area contributed by atoms with E-state index >= 15 is 0 Å². The molecule has 17 heavy (non-hydrogen) atoms. The Morgan fingerprint density at radius 3 is 3.00 bits per heavy atom. The Bertz CT molecular complexity index is 584. The van der Waals surface area contributed by atoms with E-state index < -0.39 is 0 Å². The van der Waals surface area contributed by atoms with Crippen molar-refractivity contribution in [2.24, 2.45) is 0 Å². The largest absolute Gasteiger partial charge is 0.462 e. The van der Waals surface area contributed by atoms with Crippen molar-refractivity contribution in [1.82, 2.24) is 9.38 Å². The molecule has 0 aliphatic heterocycles. The van der Waals surface area contributed by atoms with Gasteiger partial charge in [-0.15, -0.1) is 0 Å². The third kappa shape index (κ3) is 2.06. The van der Waals surface area contributed by atoms with Crippen molar-refractivity contribution >= 4 is 17.7 Å². The lowest BCUT2D eigenvalue weighted by Gasteiger charge is -2.04. The molecular formula is C13H14N2O2. The van der Waals surface area contributed by atoms with E-state index in [9.17, 15) is 4.79 Å². The summed E-state index contributed by atoms with van der Waals surface area (Å²) in [5, 5.41) is 0. The average Bonchev–Trinajstić information content (AvgIpc) is 2.68. The Kier molecular flexibility index (Phi) is 2.95. The van der Waals surface area contributed by atoms with Gasteiger partial charge in [0.25, 0.3) is 0 Å². The van der Waals surface area contributed by atoms with Crippen molar-refractivity contribution in [2.45, 2.75) is 13.8 Å². The van der Waals surface area contributed by atoms with E-state index in [1.54, 1.807) is 25.3 Å². The lowest BCUT2D eigenvalue weighted by atomic mass is 10.2. The van der Waals surface area contributed by atoms with Gasteiger partial charge in [0.05, 0.1) is 17.9 Å². The fourth-order valence-electron chi connectivity index (χ4n) is 1.72. The minimum Gasteiger partial charge on any atom is -0.462 e. The van der Waals surface area contributed by atoms with E-state index in [0.717, 1.165) is 16.9 Å². The topological polar surface area (TPSA) is 43.6 Å². The number of aromatic nitrogens is 2.